The third-order valence-corrected chi connectivity index (χ3v) is 10.5. The van der Waals surface area contributed by atoms with Crippen LogP contribution in [0.15, 0.2) is 72.8 Å². The van der Waals surface area contributed by atoms with Crippen molar-refractivity contribution in [3.05, 3.63) is 72.8 Å². The molecule has 0 aliphatic rings. The molecule has 0 unspecified atom stereocenters. The van der Waals surface area contributed by atoms with E-state index < -0.39 is 8.32 Å². The van der Waals surface area contributed by atoms with E-state index in [1.807, 2.05) is 36.4 Å². The van der Waals surface area contributed by atoms with Gasteiger partial charge in [0.15, 0.2) is 0 Å². The maximum atomic E-state index is 12.1. The maximum absolute atomic E-state index is 12.1. The van der Waals surface area contributed by atoms with E-state index in [1.54, 1.807) is 0 Å². The van der Waals surface area contributed by atoms with Gasteiger partial charge in [0, 0.05) is 6.61 Å². The molecule has 2 rings (SSSR count). The summed E-state index contributed by atoms with van der Waals surface area (Å²) in [5.74, 6) is 0. The number of rotatable bonds is 13. The van der Waals surface area contributed by atoms with Crippen LogP contribution in [0.4, 0.5) is 0 Å². The van der Waals surface area contributed by atoms with Crippen molar-refractivity contribution < 1.29 is 9.90 Å². The standard InChI is InChI=1S/C26H38O2Si/c1-26(2,22-16-8-6-4-3-5-7-9-17-23-27)29(28,24-18-12-10-13-19-24)25-20-14-11-15-21-25/h3,5,10-15,18-21,27-28H,4,6-9,16-17,22-23H2,1-2H3/b5-3-. The predicted octanol–water partition coefficient (Wildman–Crippen LogP) is 5.19. The van der Waals surface area contributed by atoms with Crippen molar-refractivity contribution in [2.75, 3.05) is 6.61 Å². The molecule has 0 spiro atoms. The number of aliphatic hydroxyl groups is 1. The Bertz CT molecular complexity index is 671. The average Bonchev–Trinajstić information content (AvgIpc) is 2.75. The fraction of sp³-hybridized carbons (Fsp3) is 0.462. The smallest absolute Gasteiger partial charge is 0.258 e. The molecular formula is C26H38O2Si. The summed E-state index contributed by atoms with van der Waals surface area (Å²) >= 11 is 0. The van der Waals surface area contributed by atoms with Gasteiger partial charge in [-0.25, -0.2) is 0 Å². The van der Waals surface area contributed by atoms with Gasteiger partial charge in [-0.15, -0.1) is 0 Å². The average molecular weight is 411 g/mol. The molecule has 2 aromatic carbocycles. The van der Waals surface area contributed by atoms with E-state index in [0.29, 0.717) is 6.61 Å². The molecule has 0 radical (unpaired) electrons. The van der Waals surface area contributed by atoms with Crippen LogP contribution in [0.1, 0.15) is 65.2 Å². The van der Waals surface area contributed by atoms with Crippen molar-refractivity contribution in [1.82, 2.24) is 0 Å². The number of aliphatic hydroxyl groups excluding tert-OH is 1. The molecular weight excluding hydrogens is 372 g/mol. The highest BCUT2D eigenvalue weighted by molar-refractivity contribution is 6.98. The fourth-order valence-corrected chi connectivity index (χ4v) is 7.89. The van der Waals surface area contributed by atoms with Crippen molar-refractivity contribution >= 4 is 18.7 Å². The quantitative estimate of drug-likeness (QED) is 0.271. The normalized spacial score (nSPS) is 12.6. The van der Waals surface area contributed by atoms with Crippen LogP contribution < -0.4 is 10.4 Å². The zero-order chi connectivity index (χ0) is 21.0. The van der Waals surface area contributed by atoms with Gasteiger partial charge in [0.1, 0.15) is 0 Å². The molecule has 0 aliphatic carbocycles. The van der Waals surface area contributed by atoms with Gasteiger partial charge in [-0.2, -0.15) is 0 Å². The molecule has 0 aromatic heterocycles. The third kappa shape index (κ3) is 6.67. The Morgan fingerprint density at radius 3 is 1.69 bits per heavy atom. The van der Waals surface area contributed by atoms with Crippen molar-refractivity contribution in [2.24, 2.45) is 0 Å². The Labute approximate surface area is 178 Å². The van der Waals surface area contributed by atoms with Crippen LogP contribution in [0.3, 0.4) is 0 Å². The first-order valence-electron chi connectivity index (χ1n) is 11.1. The van der Waals surface area contributed by atoms with Crippen LogP contribution in [0, 0.1) is 0 Å². The fourth-order valence-electron chi connectivity index (χ4n) is 4.10. The van der Waals surface area contributed by atoms with Gasteiger partial charge < -0.3 is 9.90 Å². The molecule has 0 atom stereocenters. The Balaban J connectivity index is 1.95. The summed E-state index contributed by atoms with van der Waals surface area (Å²) in [6.45, 7) is 4.80. The molecule has 0 amide bonds. The van der Waals surface area contributed by atoms with Crippen LogP contribution in [0.5, 0.6) is 0 Å². The van der Waals surface area contributed by atoms with Gasteiger partial charge in [0.05, 0.1) is 0 Å². The van der Waals surface area contributed by atoms with Gasteiger partial charge in [-0.3, -0.25) is 0 Å². The lowest BCUT2D eigenvalue weighted by Crippen LogP contribution is -2.65. The second kappa shape index (κ2) is 12.1. The van der Waals surface area contributed by atoms with E-state index in [0.717, 1.165) is 48.9 Å². The molecule has 0 bridgehead atoms. The van der Waals surface area contributed by atoms with Crippen molar-refractivity contribution in [3.63, 3.8) is 0 Å². The molecule has 29 heavy (non-hydrogen) atoms. The number of hydrogen-bond acceptors (Lipinski definition) is 2. The van der Waals surface area contributed by atoms with Crippen molar-refractivity contribution in [1.29, 1.82) is 0 Å². The second-order valence-corrected chi connectivity index (χ2v) is 12.5. The van der Waals surface area contributed by atoms with Gasteiger partial charge in [-0.1, -0.05) is 99.5 Å². The molecule has 3 heteroatoms. The van der Waals surface area contributed by atoms with E-state index in [-0.39, 0.29) is 5.04 Å². The maximum Gasteiger partial charge on any atom is 0.258 e. The highest BCUT2D eigenvalue weighted by Crippen LogP contribution is 2.40. The lowest BCUT2D eigenvalue weighted by atomic mass is 10.0. The topological polar surface area (TPSA) is 40.5 Å². The molecule has 0 fully saturated rings. The van der Waals surface area contributed by atoms with Crippen molar-refractivity contribution in [2.45, 2.75) is 70.3 Å². The summed E-state index contributed by atoms with van der Waals surface area (Å²) in [7, 11) is -2.86. The van der Waals surface area contributed by atoms with E-state index in [4.69, 9.17) is 5.11 Å². The molecule has 158 valence electrons. The number of allylic oxidation sites excluding steroid dienone is 2. The van der Waals surface area contributed by atoms with E-state index in [1.165, 1.54) is 12.8 Å². The molecule has 0 saturated heterocycles. The first kappa shape index (κ1) is 23.6. The molecule has 0 heterocycles. The summed E-state index contributed by atoms with van der Waals surface area (Å²) in [6.07, 6.45) is 13.2. The van der Waals surface area contributed by atoms with E-state index in [2.05, 4.69) is 50.3 Å². The highest BCUT2D eigenvalue weighted by Gasteiger charge is 2.49. The van der Waals surface area contributed by atoms with Crippen LogP contribution in [-0.2, 0) is 0 Å². The predicted molar refractivity (Wildman–Crippen MR) is 127 cm³/mol. The zero-order valence-electron chi connectivity index (χ0n) is 18.2. The van der Waals surface area contributed by atoms with E-state index >= 15 is 0 Å². The first-order chi connectivity index (χ1) is 14.0. The van der Waals surface area contributed by atoms with Crippen LogP contribution in [0.2, 0.25) is 5.04 Å². The Kier molecular flexibility index (Phi) is 9.85. The molecule has 0 saturated carbocycles. The van der Waals surface area contributed by atoms with Crippen molar-refractivity contribution in [3.8, 4) is 0 Å². The molecule has 0 aliphatic heterocycles. The summed E-state index contributed by atoms with van der Waals surface area (Å²) < 4.78 is 0. The summed E-state index contributed by atoms with van der Waals surface area (Å²) in [5.41, 5.74) is 0. The van der Waals surface area contributed by atoms with Gasteiger partial charge >= 0.3 is 0 Å². The lowest BCUT2D eigenvalue weighted by Gasteiger charge is -2.41. The second-order valence-electron chi connectivity index (χ2n) is 8.62. The number of unbranched alkanes of at least 4 members (excludes halogenated alkanes) is 5. The van der Waals surface area contributed by atoms with E-state index in [9.17, 15) is 4.80 Å². The van der Waals surface area contributed by atoms with Gasteiger partial charge in [0.2, 0.25) is 0 Å². The largest absolute Gasteiger partial charge is 0.424 e. The van der Waals surface area contributed by atoms with Gasteiger partial charge in [0.25, 0.3) is 8.32 Å². The number of benzene rings is 2. The minimum atomic E-state index is -2.86. The third-order valence-electron chi connectivity index (χ3n) is 5.98. The summed E-state index contributed by atoms with van der Waals surface area (Å²) in [6, 6.07) is 20.6. The molecule has 2 aromatic rings. The highest BCUT2D eigenvalue weighted by atomic mass is 28.4. The Morgan fingerprint density at radius 1 is 0.724 bits per heavy atom. The SMILES string of the molecule is CC(C)(CCCCC/C=C\CCCCO)[Si](O)(c1ccccc1)c1ccccc1. The zero-order valence-corrected chi connectivity index (χ0v) is 19.2. The minimum absolute atomic E-state index is 0.143. The monoisotopic (exact) mass is 410 g/mol. The minimum Gasteiger partial charge on any atom is -0.424 e. The number of hydrogen-bond donors (Lipinski definition) is 2. The van der Waals surface area contributed by atoms with Crippen LogP contribution >= 0.6 is 0 Å². The molecule has 2 nitrogen and oxygen atoms in total. The molecule has 2 N–H and O–H groups in total. The Hall–Kier alpha value is -1.68. The van der Waals surface area contributed by atoms with Crippen LogP contribution in [0.25, 0.3) is 0 Å². The summed E-state index contributed by atoms with van der Waals surface area (Å²) in [4.78, 5) is 12.1. The van der Waals surface area contributed by atoms with Gasteiger partial charge in [-0.05, 0) is 53.9 Å². The lowest BCUT2D eigenvalue weighted by molar-refractivity contribution is 0.285. The van der Waals surface area contributed by atoms with Crippen LogP contribution in [-0.4, -0.2) is 24.8 Å². The summed E-state index contributed by atoms with van der Waals surface area (Å²) in [5, 5.41) is 10.9. The first-order valence-corrected chi connectivity index (χ1v) is 13.1. The Morgan fingerprint density at radius 2 is 1.21 bits per heavy atom.